The van der Waals surface area contributed by atoms with Crippen LogP contribution in [0.25, 0.3) is 11.1 Å². The molecule has 2 amide bonds. The number of sulfonamides is 1. The van der Waals surface area contributed by atoms with Crippen molar-refractivity contribution in [2.24, 2.45) is 0 Å². The van der Waals surface area contributed by atoms with Gasteiger partial charge in [-0.15, -0.1) is 0 Å². The van der Waals surface area contributed by atoms with Crippen molar-refractivity contribution in [1.29, 1.82) is 0 Å². The third kappa shape index (κ3) is 5.66. The van der Waals surface area contributed by atoms with Crippen molar-refractivity contribution in [2.75, 3.05) is 23.8 Å². The summed E-state index contributed by atoms with van der Waals surface area (Å²) < 4.78 is 106. The Morgan fingerprint density at radius 3 is 2.38 bits per heavy atom. The monoisotopic (exact) mass is 583 g/mol. The van der Waals surface area contributed by atoms with Gasteiger partial charge in [0.25, 0.3) is 10.0 Å². The topological polar surface area (TPSA) is 127 Å². The molecule has 0 spiro atoms. The fourth-order valence-electron chi connectivity index (χ4n) is 3.59. The van der Waals surface area contributed by atoms with Gasteiger partial charge < -0.3 is 14.6 Å². The van der Waals surface area contributed by atoms with E-state index in [4.69, 9.17) is 4.74 Å². The van der Waals surface area contributed by atoms with Crippen molar-refractivity contribution >= 4 is 33.4 Å². The number of amides is 2. The third-order valence-electron chi connectivity index (χ3n) is 5.45. The Kier molecular flexibility index (Phi) is 7.63. The van der Waals surface area contributed by atoms with E-state index in [1.54, 1.807) is 0 Å². The summed E-state index contributed by atoms with van der Waals surface area (Å²) >= 11 is 0. The van der Waals surface area contributed by atoms with Crippen LogP contribution in [0.5, 0.6) is 5.75 Å². The van der Waals surface area contributed by atoms with Gasteiger partial charge in [-0.3, -0.25) is 4.72 Å². The number of benzene rings is 2. The Balaban J connectivity index is 1.76. The maximum atomic E-state index is 15.3. The molecular weight excluding hydrogens is 565 g/mol. The summed E-state index contributed by atoms with van der Waals surface area (Å²) in [5.41, 5.74) is -2.46. The molecule has 0 radical (unpaired) electrons. The number of nitrogens with zero attached hydrogens (tertiary/aromatic N) is 3. The van der Waals surface area contributed by atoms with Crippen LogP contribution in [0, 0.1) is 11.6 Å². The number of anilines is 3. The molecule has 210 valence electrons. The van der Waals surface area contributed by atoms with E-state index in [0.717, 1.165) is 47.7 Å². The van der Waals surface area contributed by atoms with E-state index in [1.807, 2.05) is 0 Å². The zero-order valence-electron chi connectivity index (χ0n) is 20.5. The van der Waals surface area contributed by atoms with Crippen molar-refractivity contribution in [3.05, 3.63) is 78.2 Å². The molecule has 2 aromatic heterocycles. The molecule has 0 atom stereocenters. The number of nitrogens with one attached hydrogen (secondary N) is 2. The van der Waals surface area contributed by atoms with Crippen molar-refractivity contribution in [3.63, 3.8) is 0 Å². The predicted molar refractivity (Wildman–Crippen MR) is 131 cm³/mol. The lowest BCUT2D eigenvalue weighted by Crippen LogP contribution is -2.35. The van der Waals surface area contributed by atoms with Gasteiger partial charge in [0.1, 0.15) is 34.4 Å². The number of aromatic nitrogens is 2. The first-order valence-corrected chi connectivity index (χ1v) is 12.5. The van der Waals surface area contributed by atoms with Crippen molar-refractivity contribution in [1.82, 2.24) is 15.5 Å². The zero-order valence-corrected chi connectivity index (χ0v) is 21.3. The number of carbonyl (C=O) groups is 1. The van der Waals surface area contributed by atoms with E-state index < -0.39 is 39.4 Å². The van der Waals surface area contributed by atoms with Gasteiger partial charge in [-0.25, -0.2) is 31.9 Å². The standard InChI is InChI=1S/C24H18F5N5O5S/c1-30-23(35)34(22-6-4-14(12-31-22)40(36,37)33-21-7-8-39-32-21)19-11-18(26)15(10-20(19)38-2)13-3-5-17(25)16(9-13)24(27,28)29/h3-12H,1-2H3,(H,30,35)(H,32,33). The lowest BCUT2D eigenvalue weighted by atomic mass is 10.0. The average molecular weight is 583 g/mol. The second-order valence-corrected chi connectivity index (χ2v) is 9.61. The summed E-state index contributed by atoms with van der Waals surface area (Å²) in [5, 5.41) is 5.79. The molecule has 0 aliphatic rings. The number of carbonyl (C=O) groups excluding carboxylic acids is 1. The fourth-order valence-corrected chi connectivity index (χ4v) is 4.52. The predicted octanol–water partition coefficient (Wildman–Crippen LogP) is 5.32. The zero-order chi connectivity index (χ0) is 29.2. The molecule has 0 aliphatic heterocycles. The molecule has 4 rings (SSSR count). The highest BCUT2D eigenvalue weighted by atomic mass is 32.2. The molecule has 0 aliphatic carbocycles. The van der Waals surface area contributed by atoms with Gasteiger partial charge >= 0.3 is 12.2 Å². The summed E-state index contributed by atoms with van der Waals surface area (Å²) in [7, 11) is -1.69. The summed E-state index contributed by atoms with van der Waals surface area (Å²) in [6, 6.07) is 6.55. The number of hydrogen-bond donors (Lipinski definition) is 2. The summed E-state index contributed by atoms with van der Waals surface area (Å²) in [5.74, 6) is -3.01. The number of methoxy groups -OCH3 is 1. The SMILES string of the molecule is CNC(=O)N(c1ccc(S(=O)(=O)Nc2ccon2)cn1)c1cc(F)c(-c2ccc(F)c(C(F)(F)F)c2)cc1OC. The fraction of sp³-hybridized carbons (Fsp3) is 0.125. The molecule has 16 heteroatoms. The van der Waals surface area contributed by atoms with Gasteiger partial charge in [0, 0.05) is 30.9 Å². The Hall–Kier alpha value is -4.73. The quantitative estimate of drug-likeness (QED) is 0.282. The van der Waals surface area contributed by atoms with Gasteiger partial charge in [-0.2, -0.15) is 13.2 Å². The van der Waals surface area contributed by atoms with Crippen LogP contribution in [0.4, 0.5) is 44.1 Å². The number of ether oxygens (including phenoxy) is 1. The highest BCUT2D eigenvalue weighted by Gasteiger charge is 2.34. The van der Waals surface area contributed by atoms with Crippen LogP contribution in [0.2, 0.25) is 0 Å². The van der Waals surface area contributed by atoms with Crippen LogP contribution in [-0.2, 0) is 16.2 Å². The lowest BCUT2D eigenvalue weighted by Gasteiger charge is -2.24. The molecule has 10 nitrogen and oxygen atoms in total. The molecular formula is C24H18F5N5O5S. The Labute approximate surface area is 223 Å². The Morgan fingerprint density at radius 1 is 1.05 bits per heavy atom. The number of alkyl halides is 3. The largest absolute Gasteiger partial charge is 0.495 e. The summed E-state index contributed by atoms with van der Waals surface area (Å²) in [4.78, 5) is 17.4. The van der Waals surface area contributed by atoms with Crippen LogP contribution in [0.3, 0.4) is 0 Å². The molecule has 0 saturated heterocycles. The minimum absolute atomic E-state index is 0.0834. The van der Waals surface area contributed by atoms with Crippen molar-refractivity contribution in [2.45, 2.75) is 11.1 Å². The maximum absolute atomic E-state index is 15.3. The minimum atomic E-state index is -5.02. The Bertz CT molecular complexity index is 1650. The van der Waals surface area contributed by atoms with E-state index in [1.165, 1.54) is 20.2 Å². The normalized spacial score (nSPS) is 11.7. The van der Waals surface area contributed by atoms with Gasteiger partial charge in [0.15, 0.2) is 5.82 Å². The number of hydrogen-bond acceptors (Lipinski definition) is 7. The average Bonchev–Trinajstić information content (AvgIpc) is 3.41. The maximum Gasteiger partial charge on any atom is 0.419 e. The van der Waals surface area contributed by atoms with E-state index >= 15 is 4.39 Å². The molecule has 40 heavy (non-hydrogen) atoms. The molecule has 0 saturated carbocycles. The lowest BCUT2D eigenvalue weighted by molar-refractivity contribution is -0.139. The van der Waals surface area contributed by atoms with E-state index in [-0.39, 0.29) is 39.1 Å². The highest BCUT2D eigenvalue weighted by Crippen LogP contribution is 2.40. The van der Waals surface area contributed by atoms with Crippen LogP contribution in [0.1, 0.15) is 5.56 Å². The second kappa shape index (κ2) is 10.8. The van der Waals surface area contributed by atoms with E-state index in [0.29, 0.717) is 12.1 Å². The molecule has 0 bridgehead atoms. The number of urea groups is 1. The number of rotatable bonds is 7. The van der Waals surface area contributed by atoms with Gasteiger partial charge in [-0.05, 0) is 35.9 Å². The van der Waals surface area contributed by atoms with Crippen LogP contribution >= 0.6 is 0 Å². The first-order valence-electron chi connectivity index (χ1n) is 11.0. The number of halogens is 5. The first kappa shape index (κ1) is 28.3. The van der Waals surface area contributed by atoms with E-state index in [9.17, 15) is 30.8 Å². The van der Waals surface area contributed by atoms with E-state index in [2.05, 4.69) is 24.7 Å². The highest BCUT2D eigenvalue weighted by molar-refractivity contribution is 7.92. The molecule has 0 fully saturated rings. The summed E-state index contributed by atoms with van der Waals surface area (Å²) in [6.07, 6.45) is -2.93. The van der Waals surface area contributed by atoms with Gasteiger partial charge in [-0.1, -0.05) is 11.2 Å². The molecule has 2 heterocycles. The Morgan fingerprint density at radius 2 is 1.80 bits per heavy atom. The molecule has 4 aromatic rings. The van der Waals surface area contributed by atoms with Crippen LogP contribution < -0.4 is 19.7 Å². The molecule has 2 N–H and O–H groups in total. The van der Waals surface area contributed by atoms with Crippen molar-refractivity contribution < 1.29 is 44.4 Å². The van der Waals surface area contributed by atoms with Crippen LogP contribution in [-0.4, -0.2) is 38.7 Å². The van der Waals surface area contributed by atoms with Gasteiger partial charge in [0.05, 0.1) is 18.4 Å². The van der Waals surface area contributed by atoms with Gasteiger partial charge in [0.2, 0.25) is 0 Å². The summed E-state index contributed by atoms with van der Waals surface area (Å²) in [6.45, 7) is 0. The smallest absolute Gasteiger partial charge is 0.419 e. The second-order valence-electron chi connectivity index (χ2n) is 7.93. The third-order valence-corrected chi connectivity index (χ3v) is 6.79. The molecule has 0 unspecified atom stereocenters. The number of pyridine rings is 1. The van der Waals surface area contributed by atoms with Crippen molar-refractivity contribution in [3.8, 4) is 16.9 Å². The van der Waals surface area contributed by atoms with Crippen LogP contribution in [0.15, 0.2) is 70.4 Å². The molecule has 2 aromatic carbocycles. The first-order chi connectivity index (χ1) is 18.9. The minimum Gasteiger partial charge on any atom is -0.495 e.